The molecule has 1 aromatic heterocycles. The minimum Gasteiger partial charge on any atom is -0.271 e. The van der Waals surface area contributed by atoms with Gasteiger partial charge in [0.2, 0.25) is 0 Å². The van der Waals surface area contributed by atoms with Gasteiger partial charge in [0.25, 0.3) is 0 Å². The Bertz CT molecular complexity index is 718. The zero-order valence-electron chi connectivity index (χ0n) is 10.8. The molecule has 0 bridgehead atoms. The van der Waals surface area contributed by atoms with Crippen molar-refractivity contribution >= 4 is 33.7 Å². The van der Waals surface area contributed by atoms with Crippen LogP contribution in [0.1, 0.15) is 16.5 Å². The predicted octanol–water partition coefficient (Wildman–Crippen LogP) is 4.30. The first-order valence-corrected chi connectivity index (χ1v) is 7.71. The average Bonchev–Trinajstić information content (AvgIpc) is 2.91. The van der Waals surface area contributed by atoms with Gasteiger partial charge in [-0.3, -0.25) is 11.3 Å². The van der Waals surface area contributed by atoms with E-state index in [1.165, 1.54) is 16.3 Å². The van der Waals surface area contributed by atoms with Gasteiger partial charge < -0.3 is 0 Å². The van der Waals surface area contributed by atoms with Crippen molar-refractivity contribution in [1.82, 2.24) is 5.43 Å². The van der Waals surface area contributed by atoms with Gasteiger partial charge in [0.05, 0.1) is 11.1 Å². The molecule has 3 rings (SSSR count). The summed E-state index contributed by atoms with van der Waals surface area (Å²) in [6, 6.07) is 16.7. The number of rotatable bonds is 4. The number of halogens is 1. The molecule has 1 atom stereocenters. The van der Waals surface area contributed by atoms with Crippen LogP contribution in [0.15, 0.2) is 53.9 Å². The van der Waals surface area contributed by atoms with Gasteiger partial charge >= 0.3 is 0 Å². The fourth-order valence-corrected chi connectivity index (χ4v) is 3.72. The molecule has 2 aromatic carbocycles. The maximum Gasteiger partial charge on any atom is 0.0608 e. The van der Waals surface area contributed by atoms with Crippen LogP contribution in [0.3, 0.4) is 0 Å². The van der Waals surface area contributed by atoms with E-state index >= 15 is 0 Å². The number of fused-ring (bicyclic) bond motifs is 1. The number of nitrogens with two attached hydrogens (primary N) is 1. The summed E-state index contributed by atoms with van der Waals surface area (Å²) < 4.78 is 0. The number of hydrogen-bond donors (Lipinski definition) is 2. The van der Waals surface area contributed by atoms with Gasteiger partial charge in [-0.1, -0.05) is 54.1 Å². The van der Waals surface area contributed by atoms with Crippen molar-refractivity contribution in [1.29, 1.82) is 0 Å². The third-order valence-corrected chi connectivity index (χ3v) is 4.94. The molecule has 1 unspecified atom stereocenters. The normalized spacial score (nSPS) is 12.7. The maximum absolute atomic E-state index is 6.21. The molecular formula is C16H15ClN2S. The predicted molar refractivity (Wildman–Crippen MR) is 87.0 cm³/mol. The molecule has 20 heavy (non-hydrogen) atoms. The van der Waals surface area contributed by atoms with Gasteiger partial charge in [-0.05, 0) is 34.2 Å². The molecule has 3 N–H and O–H groups in total. The molecule has 102 valence electrons. The minimum atomic E-state index is 0.0355. The summed E-state index contributed by atoms with van der Waals surface area (Å²) in [6.45, 7) is 0. The molecule has 0 spiro atoms. The van der Waals surface area contributed by atoms with Crippen LogP contribution in [-0.2, 0) is 6.42 Å². The first-order chi connectivity index (χ1) is 9.79. The second-order valence-corrected chi connectivity index (χ2v) is 6.05. The standard InChI is InChI=1S/C16H15ClN2S/c17-14-8-9-20-16(14)15(19-18)10-12-6-3-5-11-4-1-2-7-13(11)12/h1-9,15,19H,10,18H2. The lowest BCUT2D eigenvalue weighted by molar-refractivity contribution is 0.562. The molecule has 0 aliphatic heterocycles. The van der Waals surface area contributed by atoms with Crippen LogP contribution in [-0.4, -0.2) is 0 Å². The van der Waals surface area contributed by atoms with Gasteiger partial charge in [0.1, 0.15) is 0 Å². The van der Waals surface area contributed by atoms with E-state index < -0.39 is 0 Å². The second kappa shape index (κ2) is 5.94. The highest BCUT2D eigenvalue weighted by Gasteiger charge is 2.16. The van der Waals surface area contributed by atoms with Crippen LogP contribution in [0, 0.1) is 0 Å². The number of hydrazine groups is 1. The van der Waals surface area contributed by atoms with Gasteiger partial charge in [-0.25, -0.2) is 0 Å². The largest absolute Gasteiger partial charge is 0.271 e. The van der Waals surface area contributed by atoms with E-state index in [9.17, 15) is 0 Å². The summed E-state index contributed by atoms with van der Waals surface area (Å²) in [4.78, 5) is 1.09. The van der Waals surface area contributed by atoms with Crippen LogP contribution >= 0.6 is 22.9 Å². The van der Waals surface area contributed by atoms with Gasteiger partial charge in [-0.15, -0.1) is 11.3 Å². The van der Waals surface area contributed by atoms with E-state index in [0.29, 0.717) is 0 Å². The quantitative estimate of drug-likeness (QED) is 0.557. The maximum atomic E-state index is 6.21. The van der Waals surface area contributed by atoms with Crippen LogP contribution < -0.4 is 11.3 Å². The third-order valence-electron chi connectivity index (χ3n) is 3.47. The summed E-state index contributed by atoms with van der Waals surface area (Å²) >= 11 is 7.85. The number of nitrogens with one attached hydrogen (secondary N) is 1. The summed E-state index contributed by atoms with van der Waals surface area (Å²) in [6.07, 6.45) is 0.818. The molecule has 0 aliphatic rings. The van der Waals surface area contributed by atoms with E-state index in [2.05, 4.69) is 47.9 Å². The Balaban J connectivity index is 1.98. The Labute approximate surface area is 127 Å². The van der Waals surface area contributed by atoms with E-state index in [-0.39, 0.29) is 6.04 Å². The average molecular weight is 303 g/mol. The lowest BCUT2D eigenvalue weighted by Crippen LogP contribution is -2.29. The van der Waals surface area contributed by atoms with Crippen LogP contribution in [0.5, 0.6) is 0 Å². The third kappa shape index (κ3) is 2.58. The van der Waals surface area contributed by atoms with E-state index in [0.717, 1.165) is 16.3 Å². The monoisotopic (exact) mass is 302 g/mol. The molecule has 1 heterocycles. The molecule has 3 aromatic rings. The van der Waals surface area contributed by atoms with E-state index in [1.807, 2.05) is 11.4 Å². The highest BCUT2D eigenvalue weighted by molar-refractivity contribution is 7.10. The molecule has 0 radical (unpaired) electrons. The Morgan fingerprint density at radius 3 is 2.65 bits per heavy atom. The van der Waals surface area contributed by atoms with Crippen molar-refractivity contribution in [3.05, 3.63) is 69.4 Å². The van der Waals surface area contributed by atoms with Gasteiger partial charge in [0.15, 0.2) is 0 Å². The Hall–Kier alpha value is -1.39. The number of hydrogen-bond acceptors (Lipinski definition) is 3. The van der Waals surface area contributed by atoms with Crippen molar-refractivity contribution in [3.63, 3.8) is 0 Å². The molecule has 0 aliphatic carbocycles. The summed E-state index contributed by atoms with van der Waals surface area (Å²) in [5, 5.41) is 5.28. The minimum absolute atomic E-state index is 0.0355. The first-order valence-electron chi connectivity index (χ1n) is 6.45. The molecule has 0 saturated heterocycles. The Morgan fingerprint density at radius 1 is 1.10 bits per heavy atom. The second-order valence-electron chi connectivity index (χ2n) is 4.69. The summed E-state index contributed by atoms with van der Waals surface area (Å²) in [7, 11) is 0. The SMILES string of the molecule is NNC(Cc1cccc2ccccc12)c1sccc1Cl. The van der Waals surface area contributed by atoms with Crippen molar-refractivity contribution in [2.24, 2.45) is 5.84 Å². The fraction of sp³-hybridized carbons (Fsp3) is 0.125. The number of benzene rings is 2. The number of thiophene rings is 1. The van der Waals surface area contributed by atoms with Gasteiger partial charge in [0, 0.05) is 4.88 Å². The molecule has 2 nitrogen and oxygen atoms in total. The molecular weight excluding hydrogens is 288 g/mol. The lowest BCUT2D eigenvalue weighted by Gasteiger charge is -2.16. The highest BCUT2D eigenvalue weighted by Crippen LogP contribution is 2.31. The molecule has 4 heteroatoms. The zero-order valence-corrected chi connectivity index (χ0v) is 12.4. The van der Waals surface area contributed by atoms with E-state index in [1.54, 1.807) is 11.3 Å². The van der Waals surface area contributed by atoms with E-state index in [4.69, 9.17) is 17.4 Å². The molecule has 0 saturated carbocycles. The van der Waals surface area contributed by atoms with Crippen LogP contribution in [0.2, 0.25) is 5.02 Å². The van der Waals surface area contributed by atoms with Crippen LogP contribution in [0.4, 0.5) is 0 Å². The van der Waals surface area contributed by atoms with Gasteiger partial charge in [-0.2, -0.15) is 0 Å². The highest BCUT2D eigenvalue weighted by atomic mass is 35.5. The summed E-state index contributed by atoms with van der Waals surface area (Å²) in [5.41, 5.74) is 4.16. The smallest absolute Gasteiger partial charge is 0.0608 e. The topological polar surface area (TPSA) is 38.0 Å². The first kappa shape index (κ1) is 13.6. The van der Waals surface area contributed by atoms with Crippen molar-refractivity contribution in [2.75, 3.05) is 0 Å². The Morgan fingerprint density at radius 2 is 1.90 bits per heavy atom. The van der Waals surface area contributed by atoms with Crippen molar-refractivity contribution in [2.45, 2.75) is 12.5 Å². The van der Waals surface area contributed by atoms with Crippen molar-refractivity contribution in [3.8, 4) is 0 Å². The molecule has 0 amide bonds. The zero-order chi connectivity index (χ0) is 13.9. The summed E-state index contributed by atoms with van der Waals surface area (Å²) in [5.74, 6) is 5.72. The lowest BCUT2D eigenvalue weighted by atomic mass is 9.98. The van der Waals surface area contributed by atoms with Crippen molar-refractivity contribution < 1.29 is 0 Å². The van der Waals surface area contributed by atoms with Crippen LogP contribution in [0.25, 0.3) is 10.8 Å². The molecule has 0 fully saturated rings. The fourth-order valence-electron chi connectivity index (χ4n) is 2.47. The Kier molecular flexibility index (Phi) is 4.03.